The van der Waals surface area contributed by atoms with Crippen molar-refractivity contribution in [3.05, 3.63) is 39.9 Å². The van der Waals surface area contributed by atoms with Gasteiger partial charge in [-0.15, -0.1) is 10.2 Å². The van der Waals surface area contributed by atoms with E-state index in [0.717, 1.165) is 23.4 Å². The van der Waals surface area contributed by atoms with Crippen LogP contribution in [0.3, 0.4) is 0 Å². The van der Waals surface area contributed by atoms with Gasteiger partial charge in [-0.1, -0.05) is 54.8 Å². The summed E-state index contributed by atoms with van der Waals surface area (Å²) in [6.45, 7) is 3.30. The summed E-state index contributed by atoms with van der Waals surface area (Å²) < 4.78 is 5.50. The van der Waals surface area contributed by atoms with Crippen molar-refractivity contribution in [1.82, 2.24) is 10.2 Å². The fourth-order valence-electron chi connectivity index (χ4n) is 3.28. The first-order valence-corrected chi connectivity index (χ1v) is 10.3. The highest BCUT2D eigenvalue weighted by Gasteiger charge is 2.42. The van der Waals surface area contributed by atoms with E-state index in [9.17, 15) is 4.79 Å². The lowest BCUT2D eigenvalue weighted by atomic mass is 9.73. The van der Waals surface area contributed by atoms with E-state index in [1.165, 1.54) is 24.2 Å². The third-order valence-electron chi connectivity index (χ3n) is 4.86. The molecular formula is C19H24ClN3O2S. The van der Waals surface area contributed by atoms with E-state index < -0.39 is 5.41 Å². The predicted molar refractivity (Wildman–Crippen MR) is 105 cm³/mol. The van der Waals surface area contributed by atoms with Gasteiger partial charge in [0.2, 0.25) is 11.0 Å². The molecule has 1 aromatic carbocycles. The minimum Gasteiger partial charge on any atom is -0.381 e. The number of carbonyl (C=O) groups excluding carboxylic acids is 1. The highest BCUT2D eigenvalue weighted by molar-refractivity contribution is 7.15. The summed E-state index contributed by atoms with van der Waals surface area (Å²) in [6, 6.07) is 7.53. The largest absolute Gasteiger partial charge is 0.381 e. The van der Waals surface area contributed by atoms with Crippen LogP contribution in [0.1, 0.15) is 49.6 Å². The molecule has 2 heterocycles. The Labute approximate surface area is 163 Å². The second-order valence-electron chi connectivity index (χ2n) is 6.61. The van der Waals surface area contributed by atoms with E-state index in [-0.39, 0.29) is 5.91 Å². The fraction of sp³-hybridized carbons (Fsp3) is 0.526. The highest BCUT2D eigenvalue weighted by Crippen LogP contribution is 2.37. The lowest BCUT2D eigenvalue weighted by Crippen LogP contribution is -2.44. The Morgan fingerprint density at radius 1 is 1.23 bits per heavy atom. The SMILES string of the molecule is CCCCCc1nnc(NC(=O)C2(c3ccc(Cl)cc3)CCOCC2)s1. The monoisotopic (exact) mass is 393 g/mol. The molecule has 0 atom stereocenters. The number of aromatic nitrogens is 2. The molecule has 0 bridgehead atoms. The molecule has 5 nitrogen and oxygen atoms in total. The number of aryl methyl sites for hydroxylation is 1. The molecule has 1 aliphatic rings. The summed E-state index contributed by atoms with van der Waals surface area (Å²) in [5.41, 5.74) is 0.354. The normalized spacial score (nSPS) is 16.4. The van der Waals surface area contributed by atoms with Gasteiger partial charge in [0.15, 0.2) is 0 Å². The average molecular weight is 394 g/mol. The van der Waals surface area contributed by atoms with Crippen molar-refractivity contribution in [1.29, 1.82) is 0 Å². The Morgan fingerprint density at radius 3 is 2.65 bits per heavy atom. The molecule has 1 aliphatic heterocycles. The molecule has 0 spiro atoms. The number of ether oxygens (including phenoxy) is 1. The third kappa shape index (κ3) is 4.42. The van der Waals surface area contributed by atoms with Gasteiger partial charge in [0, 0.05) is 24.7 Å². The van der Waals surface area contributed by atoms with E-state index in [1.807, 2.05) is 24.3 Å². The van der Waals surface area contributed by atoms with Gasteiger partial charge in [-0.2, -0.15) is 0 Å². The first-order valence-electron chi connectivity index (χ1n) is 9.12. The smallest absolute Gasteiger partial charge is 0.237 e. The molecule has 7 heteroatoms. The molecule has 1 amide bonds. The zero-order valence-electron chi connectivity index (χ0n) is 15.0. The van der Waals surface area contributed by atoms with Gasteiger partial charge in [0.1, 0.15) is 5.01 Å². The minimum absolute atomic E-state index is 0.0422. The summed E-state index contributed by atoms with van der Waals surface area (Å²) >= 11 is 7.48. The Bertz CT molecular complexity index is 727. The van der Waals surface area contributed by atoms with Crippen LogP contribution >= 0.6 is 22.9 Å². The Balaban J connectivity index is 1.75. The van der Waals surface area contributed by atoms with E-state index >= 15 is 0 Å². The number of nitrogens with one attached hydrogen (secondary N) is 1. The number of halogens is 1. The molecule has 0 aliphatic carbocycles. The van der Waals surface area contributed by atoms with Gasteiger partial charge in [0.25, 0.3) is 0 Å². The summed E-state index contributed by atoms with van der Waals surface area (Å²) in [4.78, 5) is 13.2. The number of unbranched alkanes of at least 4 members (excludes halogenated alkanes) is 2. The molecule has 3 rings (SSSR count). The van der Waals surface area contributed by atoms with Crippen molar-refractivity contribution in [2.45, 2.75) is 50.9 Å². The topological polar surface area (TPSA) is 64.1 Å². The number of rotatable bonds is 7. The van der Waals surface area contributed by atoms with Crippen LogP contribution in [0.15, 0.2) is 24.3 Å². The lowest BCUT2D eigenvalue weighted by molar-refractivity contribution is -0.125. The number of amides is 1. The Kier molecular flexibility index (Phi) is 6.62. The van der Waals surface area contributed by atoms with Crippen molar-refractivity contribution in [2.24, 2.45) is 0 Å². The standard InChI is InChI=1S/C19H24ClN3O2S/c1-2-3-4-5-16-22-23-18(26-16)21-17(24)19(10-12-25-13-11-19)14-6-8-15(20)9-7-14/h6-9H,2-5,10-13H2,1H3,(H,21,23,24). The van der Waals surface area contributed by atoms with Gasteiger partial charge < -0.3 is 4.74 Å². The van der Waals surface area contributed by atoms with Crippen molar-refractivity contribution < 1.29 is 9.53 Å². The van der Waals surface area contributed by atoms with Crippen molar-refractivity contribution in [2.75, 3.05) is 18.5 Å². The quantitative estimate of drug-likeness (QED) is 0.697. The maximum atomic E-state index is 13.2. The number of anilines is 1. The highest BCUT2D eigenvalue weighted by atomic mass is 35.5. The van der Waals surface area contributed by atoms with E-state index in [4.69, 9.17) is 16.3 Å². The third-order valence-corrected chi connectivity index (χ3v) is 6.01. The number of benzene rings is 1. The molecule has 2 aromatic rings. The zero-order chi connectivity index (χ0) is 18.4. The van der Waals surface area contributed by atoms with E-state index in [2.05, 4.69) is 22.4 Å². The molecule has 1 saturated heterocycles. The fourth-order valence-corrected chi connectivity index (χ4v) is 4.19. The number of hydrogen-bond donors (Lipinski definition) is 1. The molecule has 1 aromatic heterocycles. The zero-order valence-corrected chi connectivity index (χ0v) is 16.5. The maximum absolute atomic E-state index is 13.2. The first kappa shape index (κ1) is 19.3. The molecule has 0 radical (unpaired) electrons. The number of hydrogen-bond acceptors (Lipinski definition) is 5. The van der Waals surface area contributed by atoms with E-state index in [0.29, 0.717) is 36.2 Å². The van der Waals surface area contributed by atoms with Crippen LogP contribution < -0.4 is 5.32 Å². The maximum Gasteiger partial charge on any atom is 0.237 e. The predicted octanol–water partition coefficient (Wildman–Crippen LogP) is 4.61. The van der Waals surface area contributed by atoms with Gasteiger partial charge in [-0.25, -0.2) is 0 Å². The molecular weight excluding hydrogens is 370 g/mol. The molecule has 0 unspecified atom stereocenters. The van der Waals surface area contributed by atoms with Crippen molar-refractivity contribution in [3.8, 4) is 0 Å². The summed E-state index contributed by atoms with van der Waals surface area (Å²) in [7, 11) is 0. The molecule has 1 N–H and O–H groups in total. The second-order valence-corrected chi connectivity index (χ2v) is 8.11. The van der Waals surface area contributed by atoms with Crippen LogP contribution in [0, 0.1) is 0 Å². The lowest BCUT2D eigenvalue weighted by Gasteiger charge is -2.35. The number of carbonyl (C=O) groups is 1. The van der Waals surface area contributed by atoms with Crippen molar-refractivity contribution >= 4 is 34.0 Å². The Morgan fingerprint density at radius 2 is 1.96 bits per heavy atom. The van der Waals surface area contributed by atoms with Gasteiger partial charge in [-0.3, -0.25) is 10.1 Å². The molecule has 1 fully saturated rings. The second kappa shape index (κ2) is 8.93. The molecule has 26 heavy (non-hydrogen) atoms. The van der Waals surface area contributed by atoms with Crippen LogP contribution in [-0.2, 0) is 21.4 Å². The molecule has 140 valence electrons. The molecule has 0 saturated carbocycles. The summed E-state index contributed by atoms with van der Waals surface area (Å²) in [5, 5.41) is 13.6. The average Bonchev–Trinajstić information content (AvgIpc) is 3.10. The van der Waals surface area contributed by atoms with Crippen LogP contribution in [0.2, 0.25) is 5.02 Å². The summed E-state index contributed by atoms with van der Waals surface area (Å²) in [6.07, 6.45) is 5.66. The van der Waals surface area contributed by atoms with Crippen LogP contribution in [-0.4, -0.2) is 29.3 Å². The van der Waals surface area contributed by atoms with Crippen molar-refractivity contribution in [3.63, 3.8) is 0 Å². The van der Waals surface area contributed by atoms with Gasteiger partial charge >= 0.3 is 0 Å². The van der Waals surface area contributed by atoms with Crippen LogP contribution in [0.5, 0.6) is 0 Å². The Hall–Kier alpha value is -1.50. The van der Waals surface area contributed by atoms with Crippen LogP contribution in [0.4, 0.5) is 5.13 Å². The summed E-state index contributed by atoms with van der Waals surface area (Å²) in [5.74, 6) is -0.0422. The van der Waals surface area contributed by atoms with Gasteiger partial charge in [-0.05, 0) is 37.0 Å². The van der Waals surface area contributed by atoms with Crippen LogP contribution in [0.25, 0.3) is 0 Å². The minimum atomic E-state index is -0.614. The first-order chi connectivity index (χ1) is 12.6. The van der Waals surface area contributed by atoms with E-state index in [1.54, 1.807) is 0 Å². The van der Waals surface area contributed by atoms with Gasteiger partial charge in [0.05, 0.1) is 5.41 Å². The number of nitrogens with zero attached hydrogens (tertiary/aromatic N) is 2.